The Kier molecular flexibility index (Phi) is 1.85. The fourth-order valence-electron chi connectivity index (χ4n) is 1.22. The first-order chi connectivity index (χ1) is 6.68. The molecule has 0 bridgehead atoms. The summed E-state index contributed by atoms with van der Waals surface area (Å²) in [6.45, 7) is 0. The smallest absolute Gasteiger partial charge is 0.151 e. The van der Waals surface area contributed by atoms with Crippen molar-refractivity contribution in [2.45, 2.75) is 0 Å². The number of carbonyl (C=O) groups is 1. The van der Waals surface area contributed by atoms with Crippen molar-refractivity contribution in [1.82, 2.24) is 9.78 Å². The van der Waals surface area contributed by atoms with Crippen molar-refractivity contribution in [2.75, 3.05) is 0 Å². The molecule has 0 spiro atoms. The van der Waals surface area contributed by atoms with Gasteiger partial charge in [-0.1, -0.05) is 0 Å². The van der Waals surface area contributed by atoms with Crippen LogP contribution in [0.2, 0.25) is 0 Å². The maximum atomic E-state index is 10.5. The van der Waals surface area contributed by atoms with Crippen molar-refractivity contribution in [1.29, 1.82) is 0 Å². The average Bonchev–Trinajstić information content (AvgIpc) is 2.71. The van der Waals surface area contributed by atoms with E-state index < -0.39 is 5.97 Å². The molecule has 0 aliphatic rings. The van der Waals surface area contributed by atoms with Gasteiger partial charge < -0.3 is 14.3 Å². The van der Waals surface area contributed by atoms with Gasteiger partial charge in [-0.05, 0) is 18.2 Å². The topological polar surface area (TPSA) is 71.1 Å². The number of hydrogen-bond acceptors (Lipinski definition) is 4. The second-order valence-electron chi connectivity index (χ2n) is 2.80. The molecular formula is C9H7N2O3-. The molecule has 0 saturated heterocycles. The van der Waals surface area contributed by atoms with Crippen molar-refractivity contribution >= 4 is 5.97 Å². The minimum Gasteiger partial charge on any atom is -0.543 e. The van der Waals surface area contributed by atoms with Gasteiger partial charge in [0.2, 0.25) is 0 Å². The van der Waals surface area contributed by atoms with Crippen LogP contribution in [0.25, 0.3) is 11.5 Å². The minimum absolute atomic E-state index is 0.0982. The number of furan rings is 1. The summed E-state index contributed by atoms with van der Waals surface area (Å²) in [5.41, 5.74) is 0.508. The summed E-state index contributed by atoms with van der Waals surface area (Å²) in [6, 6.07) is 4.87. The van der Waals surface area contributed by atoms with Crippen LogP contribution < -0.4 is 5.11 Å². The summed E-state index contributed by atoms with van der Waals surface area (Å²) in [4.78, 5) is 10.5. The fraction of sp³-hybridized carbons (Fsp3) is 0.111. The molecule has 0 aliphatic heterocycles. The van der Waals surface area contributed by atoms with Crippen molar-refractivity contribution < 1.29 is 14.3 Å². The third-order valence-electron chi connectivity index (χ3n) is 1.86. The summed E-state index contributed by atoms with van der Waals surface area (Å²) < 4.78 is 6.55. The van der Waals surface area contributed by atoms with Crippen LogP contribution >= 0.6 is 0 Å². The Labute approximate surface area is 79.6 Å². The zero-order valence-electron chi connectivity index (χ0n) is 7.43. The summed E-state index contributed by atoms with van der Waals surface area (Å²) >= 11 is 0. The lowest BCUT2D eigenvalue weighted by atomic mass is 10.3. The molecule has 0 aliphatic carbocycles. The van der Waals surface area contributed by atoms with Gasteiger partial charge in [-0.2, -0.15) is 5.10 Å². The largest absolute Gasteiger partial charge is 0.543 e. The van der Waals surface area contributed by atoms with E-state index in [2.05, 4.69) is 5.10 Å². The van der Waals surface area contributed by atoms with Gasteiger partial charge in [0.1, 0.15) is 11.4 Å². The number of carboxylic acids is 1. The lowest BCUT2D eigenvalue weighted by Gasteiger charge is -1.94. The first-order valence-electron chi connectivity index (χ1n) is 3.98. The lowest BCUT2D eigenvalue weighted by Crippen LogP contribution is -2.22. The van der Waals surface area contributed by atoms with Gasteiger partial charge in [-0.15, -0.1) is 0 Å². The predicted octanol–water partition coefficient (Wildman–Crippen LogP) is 0.0436. The maximum absolute atomic E-state index is 10.5. The first kappa shape index (κ1) is 8.55. The third kappa shape index (κ3) is 1.28. The van der Waals surface area contributed by atoms with Gasteiger partial charge in [0, 0.05) is 7.05 Å². The number of hydrogen-bond donors (Lipinski definition) is 0. The molecule has 2 aromatic heterocycles. The number of carboxylic acid groups (broad SMARTS) is 1. The highest BCUT2D eigenvalue weighted by atomic mass is 16.4. The van der Waals surface area contributed by atoms with E-state index in [9.17, 15) is 9.90 Å². The van der Waals surface area contributed by atoms with Gasteiger partial charge in [0.05, 0.1) is 12.2 Å². The lowest BCUT2D eigenvalue weighted by molar-refractivity contribution is -0.255. The SMILES string of the molecule is Cn1nc(C(=O)[O-])cc1-c1ccco1. The van der Waals surface area contributed by atoms with Crippen LogP contribution in [0.15, 0.2) is 28.9 Å². The second kappa shape index (κ2) is 3.02. The molecule has 0 unspecified atom stereocenters. The van der Waals surface area contributed by atoms with Gasteiger partial charge in [0.15, 0.2) is 5.76 Å². The Hall–Kier alpha value is -2.04. The molecule has 5 heteroatoms. The zero-order chi connectivity index (χ0) is 10.1. The Balaban J connectivity index is 2.50. The molecule has 0 fully saturated rings. The van der Waals surface area contributed by atoms with E-state index in [1.165, 1.54) is 17.0 Å². The van der Waals surface area contributed by atoms with Crippen LogP contribution in [0, 0.1) is 0 Å². The Morgan fingerprint density at radius 1 is 1.64 bits per heavy atom. The molecule has 2 rings (SSSR count). The average molecular weight is 191 g/mol. The number of aryl methyl sites for hydroxylation is 1. The summed E-state index contributed by atoms with van der Waals surface area (Å²) in [6.07, 6.45) is 1.51. The summed E-state index contributed by atoms with van der Waals surface area (Å²) in [5.74, 6) is -0.717. The van der Waals surface area contributed by atoms with E-state index in [1.54, 1.807) is 19.2 Å². The zero-order valence-corrected chi connectivity index (χ0v) is 7.43. The Bertz CT molecular complexity index is 456. The van der Waals surface area contributed by atoms with Crippen LogP contribution in [0.1, 0.15) is 10.5 Å². The van der Waals surface area contributed by atoms with Gasteiger partial charge in [-0.3, -0.25) is 4.68 Å². The summed E-state index contributed by atoms with van der Waals surface area (Å²) in [7, 11) is 1.64. The van der Waals surface area contributed by atoms with Crippen molar-refractivity contribution in [2.24, 2.45) is 7.05 Å². The minimum atomic E-state index is -1.29. The van der Waals surface area contributed by atoms with E-state index in [0.717, 1.165) is 0 Å². The summed E-state index contributed by atoms with van der Waals surface area (Å²) in [5, 5.41) is 14.3. The Morgan fingerprint density at radius 3 is 2.93 bits per heavy atom. The van der Waals surface area contributed by atoms with Gasteiger partial charge in [-0.25, -0.2) is 0 Å². The predicted molar refractivity (Wildman–Crippen MR) is 45.2 cm³/mol. The number of aromatic carboxylic acids is 1. The van der Waals surface area contributed by atoms with E-state index in [0.29, 0.717) is 11.5 Å². The number of nitrogens with zero attached hydrogens (tertiary/aromatic N) is 2. The van der Waals surface area contributed by atoms with E-state index in [-0.39, 0.29) is 5.69 Å². The van der Waals surface area contributed by atoms with Crippen molar-refractivity contribution in [3.63, 3.8) is 0 Å². The normalized spacial score (nSPS) is 10.4. The van der Waals surface area contributed by atoms with Crippen LogP contribution in [0.5, 0.6) is 0 Å². The first-order valence-corrected chi connectivity index (χ1v) is 3.98. The molecule has 2 heterocycles. The van der Waals surface area contributed by atoms with E-state index in [4.69, 9.17) is 4.42 Å². The number of rotatable bonds is 2. The van der Waals surface area contributed by atoms with Crippen LogP contribution in [-0.2, 0) is 7.05 Å². The highest BCUT2D eigenvalue weighted by Crippen LogP contribution is 2.19. The fourth-order valence-corrected chi connectivity index (χ4v) is 1.22. The highest BCUT2D eigenvalue weighted by Gasteiger charge is 2.09. The van der Waals surface area contributed by atoms with E-state index in [1.807, 2.05) is 0 Å². The molecule has 72 valence electrons. The van der Waals surface area contributed by atoms with Crippen molar-refractivity contribution in [3.8, 4) is 11.5 Å². The molecule has 0 amide bonds. The molecule has 0 aromatic carbocycles. The standard InChI is InChI=1S/C9H8N2O3/c1-11-7(8-3-2-4-14-8)5-6(10-11)9(12)13/h2-5H,1H3,(H,12,13)/p-1. The second-order valence-corrected chi connectivity index (χ2v) is 2.80. The van der Waals surface area contributed by atoms with E-state index >= 15 is 0 Å². The van der Waals surface area contributed by atoms with Gasteiger partial charge >= 0.3 is 0 Å². The number of aromatic nitrogens is 2. The quantitative estimate of drug-likeness (QED) is 0.672. The monoisotopic (exact) mass is 191 g/mol. The molecule has 14 heavy (non-hydrogen) atoms. The van der Waals surface area contributed by atoms with Crippen molar-refractivity contribution in [3.05, 3.63) is 30.2 Å². The maximum Gasteiger partial charge on any atom is 0.151 e. The van der Waals surface area contributed by atoms with Crippen LogP contribution in [0.4, 0.5) is 0 Å². The van der Waals surface area contributed by atoms with Crippen LogP contribution in [0.3, 0.4) is 0 Å². The third-order valence-corrected chi connectivity index (χ3v) is 1.86. The van der Waals surface area contributed by atoms with Crippen LogP contribution in [-0.4, -0.2) is 15.7 Å². The molecule has 5 nitrogen and oxygen atoms in total. The molecule has 0 radical (unpaired) electrons. The number of carbonyl (C=O) groups excluding carboxylic acids is 1. The highest BCUT2D eigenvalue weighted by molar-refractivity contribution is 5.84. The molecule has 0 saturated carbocycles. The Morgan fingerprint density at radius 2 is 2.43 bits per heavy atom. The molecule has 0 atom stereocenters. The molecular weight excluding hydrogens is 184 g/mol. The molecule has 0 N–H and O–H groups in total. The van der Waals surface area contributed by atoms with Gasteiger partial charge in [0.25, 0.3) is 0 Å². The molecule has 2 aromatic rings.